The lowest BCUT2D eigenvalue weighted by atomic mass is 9.86. The number of benzene rings is 1. The Morgan fingerprint density at radius 1 is 1.36 bits per heavy atom. The van der Waals surface area contributed by atoms with Crippen LogP contribution >= 0.6 is 23.1 Å². The molecule has 1 heterocycles. The van der Waals surface area contributed by atoms with Gasteiger partial charge in [-0.2, -0.15) is 0 Å². The van der Waals surface area contributed by atoms with Gasteiger partial charge in [0, 0.05) is 6.04 Å². The van der Waals surface area contributed by atoms with E-state index >= 15 is 0 Å². The molecule has 1 saturated carbocycles. The van der Waals surface area contributed by atoms with Crippen LogP contribution in [0.4, 0.5) is 0 Å². The minimum atomic E-state index is -0.102. The van der Waals surface area contributed by atoms with Gasteiger partial charge in [-0.3, -0.25) is 4.79 Å². The van der Waals surface area contributed by atoms with E-state index in [2.05, 4.69) is 23.3 Å². The van der Waals surface area contributed by atoms with Gasteiger partial charge in [-0.15, -0.1) is 11.3 Å². The number of rotatable bonds is 4. The lowest BCUT2D eigenvalue weighted by molar-refractivity contribution is -0.121. The summed E-state index contributed by atoms with van der Waals surface area (Å²) in [5.74, 6) is 0.736. The molecule has 0 saturated heterocycles. The van der Waals surface area contributed by atoms with Gasteiger partial charge in [0.15, 0.2) is 4.34 Å². The molecular formula is C17H22N2OS2. The summed E-state index contributed by atoms with van der Waals surface area (Å²) in [7, 11) is 0. The largest absolute Gasteiger partial charge is 0.352 e. The molecule has 3 atom stereocenters. The number of aromatic nitrogens is 1. The second kappa shape index (κ2) is 7.01. The molecule has 1 aliphatic rings. The van der Waals surface area contributed by atoms with E-state index in [1.165, 1.54) is 24.0 Å². The topological polar surface area (TPSA) is 42.0 Å². The minimum absolute atomic E-state index is 0.102. The summed E-state index contributed by atoms with van der Waals surface area (Å²) in [5.41, 5.74) is 1.02. The van der Waals surface area contributed by atoms with E-state index < -0.39 is 0 Å². The lowest BCUT2D eigenvalue weighted by Crippen LogP contribution is -2.44. The predicted octanol–water partition coefficient (Wildman–Crippen LogP) is 4.47. The summed E-state index contributed by atoms with van der Waals surface area (Å²) in [6, 6.07) is 8.46. The highest BCUT2D eigenvalue weighted by Crippen LogP contribution is 2.32. The zero-order valence-electron chi connectivity index (χ0n) is 13.0. The number of carbonyl (C=O) groups excluding carboxylic acids is 1. The number of hydrogen-bond donors (Lipinski definition) is 1. The van der Waals surface area contributed by atoms with Crippen LogP contribution in [0, 0.1) is 5.92 Å². The van der Waals surface area contributed by atoms with Crippen molar-refractivity contribution < 1.29 is 4.79 Å². The number of thioether (sulfide) groups is 1. The fourth-order valence-corrected chi connectivity index (χ4v) is 5.16. The number of amides is 1. The number of nitrogens with one attached hydrogen (secondary N) is 1. The quantitative estimate of drug-likeness (QED) is 0.839. The van der Waals surface area contributed by atoms with Crippen LogP contribution in [0.1, 0.15) is 39.5 Å². The highest BCUT2D eigenvalue weighted by Gasteiger charge is 2.25. The van der Waals surface area contributed by atoms with Gasteiger partial charge in [0.25, 0.3) is 0 Å². The van der Waals surface area contributed by atoms with Crippen LogP contribution in [0.5, 0.6) is 0 Å². The number of nitrogens with zero attached hydrogens (tertiary/aromatic N) is 1. The third-order valence-corrected chi connectivity index (χ3v) is 6.59. The van der Waals surface area contributed by atoms with Crippen LogP contribution in [0.15, 0.2) is 28.6 Å². The number of thiazole rings is 1. The molecule has 3 rings (SSSR count). The summed E-state index contributed by atoms with van der Waals surface area (Å²) in [5, 5.41) is 3.14. The number of carbonyl (C=O) groups is 1. The fraction of sp³-hybridized carbons (Fsp3) is 0.529. The predicted molar refractivity (Wildman–Crippen MR) is 94.5 cm³/mol. The molecule has 3 nitrogen and oxygen atoms in total. The molecule has 1 N–H and O–H groups in total. The third-order valence-electron chi connectivity index (χ3n) is 4.36. The molecule has 1 aliphatic carbocycles. The zero-order valence-corrected chi connectivity index (χ0v) is 14.7. The van der Waals surface area contributed by atoms with Gasteiger partial charge in [-0.1, -0.05) is 43.7 Å². The van der Waals surface area contributed by atoms with E-state index in [0.29, 0.717) is 12.0 Å². The normalized spacial score (nSPS) is 23.4. The molecule has 1 aromatic carbocycles. The average molecular weight is 335 g/mol. The van der Waals surface area contributed by atoms with Crippen molar-refractivity contribution in [3.05, 3.63) is 24.3 Å². The first-order chi connectivity index (χ1) is 10.6. The lowest BCUT2D eigenvalue weighted by Gasteiger charge is -2.30. The van der Waals surface area contributed by atoms with E-state index in [0.717, 1.165) is 16.3 Å². The van der Waals surface area contributed by atoms with Crippen molar-refractivity contribution in [3.63, 3.8) is 0 Å². The first kappa shape index (κ1) is 15.8. The summed E-state index contributed by atoms with van der Waals surface area (Å²) in [4.78, 5) is 17.0. The molecule has 0 radical (unpaired) electrons. The van der Waals surface area contributed by atoms with Gasteiger partial charge in [-0.25, -0.2) is 4.98 Å². The first-order valence-electron chi connectivity index (χ1n) is 7.96. The van der Waals surface area contributed by atoms with Gasteiger partial charge in [0.1, 0.15) is 0 Å². The van der Waals surface area contributed by atoms with Gasteiger partial charge in [0.05, 0.1) is 15.5 Å². The molecule has 2 aromatic rings. The second-order valence-electron chi connectivity index (χ2n) is 6.08. The highest BCUT2D eigenvalue weighted by molar-refractivity contribution is 8.02. The molecule has 1 amide bonds. The zero-order chi connectivity index (χ0) is 15.5. The van der Waals surface area contributed by atoms with Gasteiger partial charge >= 0.3 is 0 Å². The van der Waals surface area contributed by atoms with Crippen molar-refractivity contribution >= 4 is 39.2 Å². The Morgan fingerprint density at radius 3 is 2.91 bits per heavy atom. The monoisotopic (exact) mass is 334 g/mol. The van der Waals surface area contributed by atoms with E-state index in [4.69, 9.17) is 0 Å². The fourth-order valence-electron chi connectivity index (χ4n) is 2.94. The van der Waals surface area contributed by atoms with Gasteiger partial charge in [0.2, 0.25) is 5.91 Å². The Bertz CT molecular complexity index is 622. The minimum Gasteiger partial charge on any atom is -0.352 e. The SMILES string of the molecule is C[C@@H]1CCCC[C@H]1NC(=O)[C@@H](C)Sc1nc2ccccc2s1. The molecule has 0 unspecified atom stereocenters. The molecule has 0 spiro atoms. The first-order valence-corrected chi connectivity index (χ1v) is 9.65. The smallest absolute Gasteiger partial charge is 0.233 e. The summed E-state index contributed by atoms with van der Waals surface area (Å²) in [6.45, 7) is 4.22. The van der Waals surface area contributed by atoms with Gasteiger partial charge in [-0.05, 0) is 37.8 Å². The number of para-hydroxylation sites is 1. The molecule has 1 fully saturated rings. The van der Waals surface area contributed by atoms with Crippen molar-refractivity contribution in [3.8, 4) is 0 Å². The highest BCUT2D eigenvalue weighted by atomic mass is 32.2. The van der Waals surface area contributed by atoms with Crippen molar-refractivity contribution in [1.82, 2.24) is 10.3 Å². The van der Waals surface area contributed by atoms with Crippen LogP contribution in [-0.2, 0) is 4.79 Å². The molecule has 22 heavy (non-hydrogen) atoms. The van der Waals surface area contributed by atoms with E-state index in [1.807, 2.05) is 25.1 Å². The second-order valence-corrected chi connectivity index (χ2v) is 8.70. The standard InChI is InChI=1S/C17H22N2OS2/c1-11-7-3-4-8-13(11)18-16(20)12(2)21-17-19-14-9-5-6-10-15(14)22-17/h5-6,9-13H,3-4,7-8H2,1-2H3,(H,18,20)/t11-,12-,13-/m1/s1. The average Bonchev–Trinajstić information content (AvgIpc) is 2.91. The van der Waals surface area contributed by atoms with Crippen molar-refractivity contribution in [2.75, 3.05) is 0 Å². The molecule has 5 heteroatoms. The van der Waals surface area contributed by atoms with Crippen molar-refractivity contribution in [2.24, 2.45) is 5.92 Å². The third kappa shape index (κ3) is 3.63. The molecular weight excluding hydrogens is 312 g/mol. The maximum absolute atomic E-state index is 12.4. The van der Waals surface area contributed by atoms with Crippen molar-refractivity contribution in [2.45, 2.75) is 55.2 Å². The Labute approximate surface area is 139 Å². The van der Waals surface area contributed by atoms with Crippen LogP contribution in [0.3, 0.4) is 0 Å². The van der Waals surface area contributed by atoms with Crippen LogP contribution in [0.25, 0.3) is 10.2 Å². The summed E-state index contributed by atoms with van der Waals surface area (Å²) < 4.78 is 2.15. The Balaban J connectivity index is 1.60. The molecule has 0 bridgehead atoms. The Kier molecular flexibility index (Phi) is 5.03. The van der Waals surface area contributed by atoms with Crippen LogP contribution in [-0.4, -0.2) is 22.2 Å². The Hall–Kier alpha value is -1.07. The summed E-state index contributed by atoms with van der Waals surface area (Å²) >= 11 is 3.22. The Morgan fingerprint density at radius 2 is 2.14 bits per heavy atom. The summed E-state index contributed by atoms with van der Waals surface area (Å²) in [6.07, 6.45) is 4.87. The van der Waals surface area contributed by atoms with Gasteiger partial charge < -0.3 is 5.32 Å². The molecule has 1 aromatic heterocycles. The van der Waals surface area contributed by atoms with E-state index in [1.54, 1.807) is 23.1 Å². The van der Waals surface area contributed by atoms with Crippen LogP contribution < -0.4 is 5.32 Å². The van der Waals surface area contributed by atoms with Crippen molar-refractivity contribution in [1.29, 1.82) is 0 Å². The number of hydrogen-bond acceptors (Lipinski definition) is 4. The number of fused-ring (bicyclic) bond motifs is 1. The van der Waals surface area contributed by atoms with E-state index in [9.17, 15) is 4.79 Å². The maximum atomic E-state index is 12.4. The maximum Gasteiger partial charge on any atom is 0.233 e. The van der Waals surface area contributed by atoms with E-state index in [-0.39, 0.29) is 11.2 Å². The molecule has 0 aliphatic heterocycles. The molecule has 118 valence electrons. The van der Waals surface area contributed by atoms with Crippen LogP contribution in [0.2, 0.25) is 0 Å².